The first-order chi connectivity index (χ1) is 11.5. The van der Waals surface area contributed by atoms with Crippen molar-refractivity contribution in [1.82, 2.24) is 5.32 Å². The summed E-state index contributed by atoms with van der Waals surface area (Å²) in [5.74, 6) is -1.10. The number of hydrogen-bond acceptors (Lipinski definition) is 4. The molecule has 126 valence electrons. The van der Waals surface area contributed by atoms with Crippen LogP contribution in [0, 0.1) is 5.82 Å². The van der Waals surface area contributed by atoms with E-state index in [1.807, 2.05) is 0 Å². The van der Waals surface area contributed by atoms with Crippen LogP contribution < -0.4 is 20.1 Å². The molecular formula is C17H17FN2O4. The third-order valence-corrected chi connectivity index (χ3v) is 3.36. The van der Waals surface area contributed by atoms with Crippen molar-refractivity contribution >= 4 is 17.5 Å². The minimum Gasteiger partial charge on any atom is -0.493 e. The first-order valence-corrected chi connectivity index (χ1v) is 7.05. The van der Waals surface area contributed by atoms with Crippen molar-refractivity contribution in [2.75, 3.05) is 26.6 Å². The van der Waals surface area contributed by atoms with Crippen LogP contribution in [0.2, 0.25) is 0 Å². The van der Waals surface area contributed by atoms with E-state index in [4.69, 9.17) is 9.47 Å². The van der Waals surface area contributed by atoms with Gasteiger partial charge in [-0.05, 0) is 18.2 Å². The van der Waals surface area contributed by atoms with Crippen LogP contribution in [0.5, 0.6) is 11.5 Å². The number of carbonyl (C=O) groups is 2. The minimum absolute atomic E-state index is 0.129. The summed E-state index contributed by atoms with van der Waals surface area (Å²) in [7, 11) is 4.32. The number of amides is 2. The third-order valence-electron chi connectivity index (χ3n) is 3.36. The highest BCUT2D eigenvalue weighted by Gasteiger charge is 2.19. The van der Waals surface area contributed by atoms with E-state index in [1.54, 1.807) is 6.07 Å². The second-order valence-electron chi connectivity index (χ2n) is 4.77. The van der Waals surface area contributed by atoms with Gasteiger partial charge in [-0.1, -0.05) is 12.1 Å². The van der Waals surface area contributed by atoms with Crippen molar-refractivity contribution in [3.63, 3.8) is 0 Å². The molecule has 0 fully saturated rings. The first-order valence-electron chi connectivity index (χ1n) is 7.05. The summed E-state index contributed by atoms with van der Waals surface area (Å²) in [5, 5.41) is 5.01. The summed E-state index contributed by atoms with van der Waals surface area (Å²) in [6, 6.07) is 8.45. The SMILES string of the molecule is CNC(=O)c1cc(OC)c(OC)cc1NC(=O)c1ccccc1F. The van der Waals surface area contributed by atoms with Crippen molar-refractivity contribution in [3.05, 3.63) is 53.3 Å². The Bertz CT molecular complexity index is 777. The standard InChI is InChI=1S/C17H17FN2O4/c1-19-16(21)11-8-14(23-2)15(24-3)9-13(11)20-17(22)10-6-4-5-7-12(10)18/h4-9H,1-3H3,(H,19,21)(H,20,22). The summed E-state index contributed by atoms with van der Waals surface area (Å²) in [4.78, 5) is 24.4. The predicted octanol–water partition coefficient (Wildman–Crippen LogP) is 2.45. The lowest BCUT2D eigenvalue weighted by Crippen LogP contribution is -2.22. The number of hydrogen-bond donors (Lipinski definition) is 2. The molecule has 7 heteroatoms. The van der Waals surface area contributed by atoms with Crippen LogP contribution in [0.3, 0.4) is 0 Å². The second kappa shape index (κ2) is 7.45. The van der Waals surface area contributed by atoms with E-state index in [1.165, 1.54) is 51.6 Å². The fourth-order valence-corrected chi connectivity index (χ4v) is 2.14. The third kappa shape index (κ3) is 3.45. The molecule has 6 nitrogen and oxygen atoms in total. The van der Waals surface area contributed by atoms with Crippen LogP contribution in [-0.4, -0.2) is 33.1 Å². The molecule has 0 aliphatic heterocycles. The van der Waals surface area contributed by atoms with E-state index in [2.05, 4.69) is 10.6 Å². The van der Waals surface area contributed by atoms with E-state index in [0.717, 1.165) is 0 Å². The zero-order valence-corrected chi connectivity index (χ0v) is 13.5. The van der Waals surface area contributed by atoms with E-state index in [9.17, 15) is 14.0 Å². The molecule has 2 amide bonds. The van der Waals surface area contributed by atoms with E-state index < -0.39 is 17.6 Å². The lowest BCUT2D eigenvalue weighted by atomic mass is 10.1. The number of anilines is 1. The molecular weight excluding hydrogens is 315 g/mol. The Kier molecular flexibility index (Phi) is 5.36. The summed E-state index contributed by atoms with van der Waals surface area (Å²) in [6.07, 6.45) is 0. The van der Waals surface area contributed by atoms with E-state index >= 15 is 0 Å². The molecule has 0 saturated carbocycles. The Morgan fingerprint density at radius 1 is 0.958 bits per heavy atom. The first kappa shape index (κ1) is 17.3. The molecule has 0 atom stereocenters. The smallest absolute Gasteiger partial charge is 0.258 e. The van der Waals surface area contributed by atoms with Gasteiger partial charge in [0.15, 0.2) is 11.5 Å². The summed E-state index contributed by atoms with van der Waals surface area (Å²) in [5.41, 5.74) is 0.218. The molecule has 2 N–H and O–H groups in total. The molecule has 0 aliphatic carbocycles. The van der Waals surface area contributed by atoms with Crippen molar-refractivity contribution in [3.8, 4) is 11.5 Å². The van der Waals surface area contributed by atoms with Gasteiger partial charge in [0, 0.05) is 13.1 Å². The Morgan fingerprint density at radius 3 is 2.17 bits per heavy atom. The number of nitrogens with one attached hydrogen (secondary N) is 2. The van der Waals surface area contributed by atoms with Crippen LogP contribution in [-0.2, 0) is 0 Å². The number of carbonyl (C=O) groups excluding carboxylic acids is 2. The van der Waals surface area contributed by atoms with Crippen molar-refractivity contribution < 1.29 is 23.5 Å². The maximum absolute atomic E-state index is 13.7. The van der Waals surface area contributed by atoms with Crippen molar-refractivity contribution in [2.45, 2.75) is 0 Å². The van der Waals surface area contributed by atoms with Gasteiger partial charge >= 0.3 is 0 Å². The number of methoxy groups -OCH3 is 2. The number of benzene rings is 2. The Labute approximate surface area is 138 Å². The number of halogens is 1. The number of ether oxygens (including phenoxy) is 2. The molecule has 2 aromatic rings. The average Bonchev–Trinajstić information content (AvgIpc) is 2.60. The molecule has 0 bridgehead atoms. The summed E-state index contributed by atoms with van der Waals surface area (Å²) < 4.78 is 24.1. The largest absolute Gasteiger partial charge is 0.493 e. The molecule has 0 radical (unpaired) electrons. The van der Waals surface area contributed by atoms with E-state index in [0.29, 0.717) is 11.5 Å². The molecule has 0 spiro atoms. The highest BCUT2D eigenvalue weighted by Crippen LogP contribution is 2.33. The lowest BCUT2D eigenvalue weighted by Gasteiger charge is -2.15. The van der Waals surface area contributed by atoms with Gasteiger partial charge in [0.2, 0.25) is 0 Å². The molecule has 0 aliphatic rings. The normalized spacial score (nSPS) is 10.0. The Morgan fingerprint density at radius 2 is 1.58 bits per heavy atom. The Balaban J connectivity index is 2.46. The molecule has 2 rings (SSSR count). The van der Waals surface area contributed by atoms with Crippen LogP contribution >= 0.6 is 0 Å². The molecule has 0 unspecified atom stereocenters. The fourth-order valence-electron chi connectivity index (χ4n) is 2.14. The van der Waals surface area contributed by atoms with Gasteiger partial charge in [0.25, 0.3) is 11.8 Å². The minimum atomic E-state index is -0.675. The van der Waals surface area contributed by atoms with Gasteiger partial charge < -0.3 is 20.1 Å². The van der Waals surface area contributed by atoms with E-state index in [-0.39, 0.29) is 16.8 Å². The summed E-state index contributed by atoms with van der Waals surface area (Å²) >= 11 is 0. The predicted molar refractivity (Wildman–Crippen MR) is 87.3 cm³/mol. The zero-order chi connectivity index (χ0) is 17.7. The topological polar surface area (TPSA) is 76.7 Å². The summed E-state index contributed by atoms with van der Waals surface area (Å²) in [6.45, 7) is 0. The quantitative estimate of drug-likeness (QED) is 0.882. The maximum atomic E-state index is 13.7. The van der Waals surface area contributed by atoms with Gasteiger partial charge in [-0.3, -0.25) is 9.59 Å². The molecule has 0 heterocycles. The van der Waals surface area contributed by atoms with Gasteiger partial charge in [-0.15, -0.1) is 0 Å². The van der Waals surface area contributed by atoms with Crippen LogP contribution in [0.1, 0.15) is 20.7 Å². The average molecular weight is 332 g/mol. The second-order valence-corrected chi connectivity index (χ2v) is 4.77. The van der Waals surface area contributed by atoms with Gasteiger partial charge in [-0.25, -0.2) is 4.39 Å². The van der Waals surface area contributed by atoms with Crippen molar-refractivity contribution in [2.24, 2.45) is 0 Å². The van der Waals surface area contributed by atoms with Crippen molar-refractivity contribution in [1.29, 1.82) is 0 Å². The number of rotatable bonds is 5. The lowest BCUT2D eigenvalue weighted by molar-refractivity contribution is 0.0963. The Hall–Kier alpha value is -3.09. The highest BCUT2D eigenvalue weighted by molar-refractivity contribution is 6.09. The van der Waals surface area contributed by atoms with Gasteiger partial charge in [0.05, 0.1) is 31.0 Å². The molecule has 0 saturated heterocycles. The fraction of sp³-hybridized carbons (Fsp3) is 0.176. The van der Waals surface area contributed by atoms with Crippen LogP contribution in [0.15, 0.2) is 36.4 Å². The van der Waals surface area contributed by atoms with Crippen LogP contribution in [0.4, 0.5) is 10.1 Å². The highest BCUT2D eigenvalue weighted by atomic mass is 19.1. The molecule has 2 aromatic carbocycles. The monoisotopic (exact) mass is 332 g/mol. The molecule has 0 aromatic heterocycles. The maximum Gasteiger partial charge on any atom is 0.258 e. The van der Waals surface area contributed by atoms with Gasteiger partial charge in [-0.2, -0.15) is 0 Å². The molecule has 24 heavy (non-hydrogen) atoms. The zero-order valence-electron chi connectivity index (χ0n) is 13.5. The van der Waals surface area contributed by atoms with Gasteiger partial charge in [0.1, 0.15) is 5.82 Å². The van der Waals surface area contributed by atoms with Crippen LogP contribution in [0.25, 0.3) is 0 Å².